The predicted octanol–water partition coefficient (Wildman–Crippen LogP) is 4.13. The molecule has 0 fully saturated rings. The average Bonchev–Trinajstić information content (AvgIpc) is 2.99. The first-order chi connectivity index (χ1) is 12.1. The Kier molecular flexibility index (Phi) is 4.09. The minimum absolute atomic E-state index is 0.0705. The Morgan fingerprint density at radius 3 is 2.27 bits per heavy atom. The van der Waals surface area contributed by atoms with E-state index >= 15 is 0 Å². The van der Waals surface area contributed by atoms with Crippen LogP contribution in [-0.4, -0.2) is 15.1 Å². The van der Waals surface area contributed by atoms with Crippen LogP contribution in [0.4, 0.5) is 26.3 Å². The lowest BCUT2D eigenvalue weighted by molar-refractivity contribution is -0.141. The van der Waals surface area contributed by atoms with Crippen LogP contribution >= 0.6 is 0 Å². The number of aromatic nitrogens is 3. The van der Waals surface area contributed by atoms with E-state index in [4.69, 9.17) is 0 Å². The summed E-state index contributed by atoms with van der Waals surface area (Å²) in [6.45, 7) is 0. The third-order valence-corrected chi connectivity index (χ3v) is 3.41. The van der Waals surface area contributed by atoms with E-state index in [0.29, 0.717) is 18.2 Å². The fourth-order valence-electron chi connectivity index (χ4n) is 2.27. The van der Waals surface area contributed by atoms with Gasteiger partial charge in [0.25, 0.3) is 0 Å². The number of rotatable bonds is 2. The minimum Gasteiger partial charge on any atom is -0.296 e. The number of pyridine rings is 1. The van der Waals surface area contributed by atoms with Crippen LogP contribution in [0.25, 0.3) is 22.6 Å². The van der Waals surface area contributed by atoms with Crippen LogP contribution in [0, 0.1) is 0 Å². The van der Waals surface area contributed by atoms with Crippen molar-refractivity contribution in [1.29, 1.82) is 0 Å². The second-order valence-corrected chi connectivity index (χ2v) is 5.13. The zero-order valence-corrected chi connectivity index (χ0v) is 12.4. The number of aromatic amines is 1. The number of halogens is 6. The van der Waals surface area contributed by atoms with Crippen LogP contribution < -0.4 is 5.76 Å². The van der Waals surface area contributed by atoms with Gasteiger partial charge in [-0.05, 0) is 41.5 Å². The van der Waals surface area contributed by atoms with Gasteiger partial charge in [0, 0.05) is 6.20 Å². The lowest BCUT2D eigenvalue weighted by Crippen LogP contribution is -2.11. The van der Waals surface area contributed by atoms with E-state index < -0.39 is 34.8 Å². The van der Waals surface area contributed by atoms with Gasteiger partial charge in [-0.25, -0.2) is 4.79 Å². The molecule has 2 aromatic heterocycles. The molecule has 0 saturated carbocycles. The summed E-state index contributed by atoms with van der Waals surface area (Å²) in [5, 5.41) is 3.34. The third kappa shape index (κ3) is 3.46. The summed E-state index contributed by atoms with van der Waals surface area (Å²) in [7, 11) is 0. The maximum atomic E-state index is 13.2. The van der Waals surface area contributed by atoms with Crippen molar-refractivity contribution in [1.82, 2.24) is 15.1 Å². The van der Waals surface area contributed by atoms with Gasteiger partial charge in [-0.15, -0.1) is 0 Å². The van der Waals surface area contributed by atoms with E-state index in [-0.39, 0.29) is 17.1 Å². The lowest BCUT2D eigenvalue weighted by Gasteiger charge is -2.16. The zero-order valence-electron chi connectivity index (χ0n) is 12.4. The highest BCUT2D eigenvalue weighted by Gasteiger charge is 2.37. The highest BCUT2D eigenvalue weighted by atomic mass is 19.4. The number of nitrogens with one attached hydrogen (secondary N) is 1. The van der Waals surface area contributed by atoms with Crippen molar-refractivity contribution in [3.05, 3.63) is 58.2 Å². The molecule has 1 N–H and O–H groups in total. The quantitative estimate of drug-likeness (QED) is 0.684. The van der Waals surface area contributed by atoms with Gasteiger partial charge < -0.3 is 0 Å². The third-order valence-electron chi connectivity index (χ3n) is 3.41. The SMILES string of the molecule is O=c1[nH]c(-c2cc(-c3cc(C(F)(F)F)ccc3C(F)(F)F)ccn2)no1. The predicted molar refractivity (Wildman–Crippen MR) is 75.8 cm³/mol. The molecule has 0 atom stereocenters. The molecule has 0 aliphatic rings. The topological polar surface area (TPSA) is 71.8 Å². The lowest BCUT2D eigenvalue weighted by atomic mass is 9.96. The molecule has 0 amide bonds. The monoisotopic (exact) mass is 375 g/mol. The summed E-state index contributed by atoms with van der Waals surface area (Å²) in [5.41, 5.74) is -3.40. The molecule has 0 bridgehead atoms. The van der Waals surface area contributed by atoms with Gasteiger partial charge >= 0.3 is 18.1 Å². The molecule has 0 radical (unpaired) electrons. The molecule has 1 aromatic carbocycles. The van der Waals surface area contributed by atoms with Crippen LogP contribution in [0.3, 0.4) is 0 Å². The first-order valence-corrected chi connectivity index (χ1v) is 6.87. The maximum absolute atomic E-state index is 13.2. The van der Waals surface area contributed by atoms with Gasteiger partial charge in [-0.2, -0.15) is 26.3 Å². The summed E-state index contributed by atoms with van der Waals surface area (Å²) < 4.78 is 82.6. The molecule has 136 valence electrons. The Morgan fingerprint density at radius 2 is 1.69 bits per heavy atom. The first-order valence-electron chi connectivity index (χ1n) is 6.87. The summed E-state index contributed by atoms with van der Waals surface area (Å²) >= 11 is 0. The number of hydrogen-bond acceptors (Lipinski definition) is 4. The largest absolute Gasteiger partial charge is 0.439 e. The number of alkyl halides is 6. The van der Waals surface area contributed by atoms with Crippen molar-refractivity contribution in [3.63, 3.8) is 0 Å². The Labute approximate surface area is 140 Å². The molecule has 11 heteroatoms. The fraction of sp³-hybridized carbons (Fsp3) is 0.133. The molecule has 0 saturated heterocycles. The molecule has 0 spiro atoms. The first kappa shape index (κ1) is 17.7. The molecule has 2 heterocycles. The molecule has 3 rings (SSSR count). The summed E-state index contributed by atoms with van der Waals surface area (Å²) in [4.78, 5) is 16.9. The smallest absolute Gasteiger partial charge is 0.296 e. The van der Waals surface area contributed by atoms with Crippen molar-refractivity contribution in [3.8, 4) is 22.6 Å². The summed E-state index contributed by atoms with van der Waals surface area (Å²) in [5.74, 6) is -1.08. The molecule has 5 nitrogen and oxygen atoms in total. The Balaban J connectivity index is 2.20. The van der Waals surface area contributed by atoms with Gasteiger partial charge in [-0.1, -0.05) is 5.16 Å². The van der Waals surface area contributed by atoms with Crippen molar-refractivity contribution >= 4 is 0 Å². The van der Waals surface area contributed by atoms with E-state index in [2.05, 4.69) is 19.6 Å². The molecule has 0 unspecified atom stereocenters. The average molecular weight is 375 g/mol. The van der Waals surface area contributed by atoms with Crippen molar-refractivity contribution in [2.24, 2.45) is 0 Å². The second-order valence-electron chi connectivity index (χ2n) is 5.13. The van der Waals surface area contributed by atoms with E-state index in [1.54, 1.807) is 0 Å². The Bertz CT molecular complexity index is 1000. The number of benzene rings is 1. The Morgan fingerprint density at radius 1 is 0.962 bits per heavy atom. The van der Waals surface area contributed by atoms with E-state index in [1.165, 1.54) is 0 Å². The molecule has 26 heavy (non-hydrogen) atoms. The zero-order chi connectivity index (χ0) is 19.1. The van der Waals surface area contributed by atoms with Crippen LogP contribution in [0.15, 0.2) is 45.8 Å². The minimum atomic E-state index is -4.87. The van der Waals surface area contributed by atoms with Crippen molar-refractivity contribution in [2.45, 2.75) is 12.4 Å². The van der Waals surface area contributed by atoms with Crippen LogP contribution in [0.1, 0.15) is 11.1 Å². The van der Waals surface area contributed by atoms with Crippen LogP contribution in [-0.2, 0) is 12.4 Å². The van der Waals surface area contributed by atoms with Gasteiger partial charge in [0.15, 0.2) is 0 Å². The van der Waals surface area contributed by atoms with Gasteiger partial charge in [0.05, 0.1) is 11.1 Å². The summed E-state index contributed by atoms with van der Waals surface area (Å²) in [6, 6.07) is 3.33. The fourth-order valence-corrected chi connectivity index (χ4v) is 2.27. The van der Waals surface area contributed by atoms with Crippen molar-refractivity contribution < 1.29 is 30.9 Å². The molecule has 0 aliphatic heterocycles. The molecular formula is C15H7F6N3O2. The maximum Gasteiger partial charge on any atom is 0.439 e. The van der Waals surface area contributed by atoms with Gasteiger partial charge in [-0.3, -0.25) is 14.5 Å². The second kappa shape index (κ2) is 6.00. The van der Waals surface area contributed by atoms with Crippen LogP contribution in [0.5, 0.6) is 0 Å². The number of hydrogen-bond donors (Lipinski definition) is 1. The van der Waals surface area contributed by atoms with Crippen molar-refractivity contribution in [2.75, 3.05) is 0 Å². The molecular weight excluding hydrogens is 368 g/mol. The standard InChI is InChI=1S/C15H7F6N3O2/c16-14(17,18)8-1-2-10(15(19,20)21)9(6-8)7-3-4-22-11(5-7)12-23-13(25)26-24-12/h1-6H,(H,23,24,25). The highest BCUT2D eigenvalue weighted by molar-refractivity contribution is 5.72. The number of nitrogens with zero attached hydrogens (tertiary/aromatic N) is 2. The summed E-state index contributed by atoms with van der Waals surface area (Å²) in [6.07, 6.45) is -8.60. The normalized spacial score (nSPS) is 12.4. The molecule has 3 aromatic rings. The number of H-pyrrole nitrogens is 1. The molecule has 0 aliphatic carbocycles. The van der Waals surface area contributed by atoms with E-state index in [9.17, 15) is 31.1 Å². The van der Waals surface area contributed by atoms with Gasteiger partial charge in [0.1, 0.15) is 5.69 Å². The van der Waals surface area contributed by atoms with Gasteiger partial charge in [0.2, 0.25) is 5.82 Å². The van der Waals surface area contributed by atoms with Crippen LogP contribution in [0.2, 0.25) is 0 Å². The Hall–Kier alpha value is -3.11. The van der Waals surface area contributed by atoms with E-state index in [1.807, 2.05) is 0 Å². The highest BCUT2D eigenvalue weighted by Crippen LogP contribution is 2.41. The van der Waals surface area contributed by atoms with E-state index in [0.717, 1.165) is 18.3 Å².